The van der Waals surface area contributed by atoms with Crippen LogP contribution in [0.5, 0.6) is 0 Å². The van der Waals surface area contributed by atoms with Gasteiger partial charge in [0.2, 0.25) is 0 Å². The SMILES string of the molecule is [2H]P(I)c1sc2c(P([2H])I)c(Cc3sc4c(P([2H])I)c(P([2H])I)sc4c3P([2H])I)sc2c1P([2H])I. The molecule has 0 aliphatic heterocycles. The molecule has 0 spiro atoms. The van der Waals surface area contributed by atoms with E-state index in [4.69, 9.17) is 7.67 Å². The average molecular weight is 1250 g/mol. The van der Waals surface area contributed by atoms with E-state index in [-0.39, 0.29) is 0 Å². The van der Waals surface area contributed by atoms with Crippen molar-refractivity contribution in [1.82, 2.24) is 0 Å². The normalized spacial score (nSPS) is 21.6. The summed E-state index contributed by atoms with van der Waals surface area (Å²) in [4.78, 5) is 2.32. The van der Waals surface area contributed by atoms with E-state index in [0.29, 0.717) is 6.42 Å². The van der Waals surface area contributed by atoms with E-state index in [1.807, 2.05) is 0 Å². The Morgan fingerprint density at radius 1 is 0.517 bits per heavy atom. The van der Waals surface area contributed by atoms with Gasteiger partial charge in [0.1, 0.15) is 0 Å². The third-order valence-electron chi connectivity index (χ3n) is 3.87. The first kappa shape index (κ1) is 21.1. The molecule has 156 valence electrons. The monoisotopic (exact) mass is 1250 g/mol. The Kier molecular flexibility index (Phi) is 9.75. The molecule has 0 aliphatic rings. The van der Waals surface area contributed by atoms with E-state index in [2.05, 4.69) is 132 Å². The highest BCUT2D eigenvalue weighted by atomic mass is 127. The molecule has 16 heteroatoms. The summed E-state index contributed by atoms with van der Waals surface area (Å²) >= 11 is 19.8. The van der Waals surface area contributed by atoms with E-state index < -0.39 is 37.0 Å². The number of thiophene rings is 4. The summed E-state index contributed by atoms with van der Waals surface area (Å²) in [7, 11) is 0. The van der Waals surface area contributed by atoms with E-state index in [1.165, 1.54) is 0 Å². The second-order valence-corrected chi connectivity index (χ2v) is 22.5. The minimum Gasteiger partial charge on any atom is -0.138 e. The maximum Gasteiger partial charge on any atom is 0.0748 e. The van der Waals surface area contributed by atoms with Crippen LogP contribution in [0.2, 0.25) is 0 Å². The summed E-state index contributed by atoms with van der Waals surface area (Å²) in [5.74, 6) is 0. The predicted molar refractivity (Wildman–Crippen MR) is 214 cm³/mol. The molecule has 4 aromatic heterocycles. The lowest BCUT2D eigenvalue weighted by Crippen LogP contribution is -2.05. The molecule has 4 rings (SSSR count). The molecule has 4 aromatic rings. The molecule has 0 bridgehead atoms. The summed E-state index contributed by atoms with van der Waals surface area (Å²) in [6.07, 6.45) is -5.98. The van der Waals surface area contributed by atoms with Crippen LogP contribution in [0, 0.1) is 0 Å². The fraction of sp³-hybridized carbons (Fsp3) is 0.0769. The molecule has 0 fully saturated rings. The molecule has 0 aromatic carbocycles. The Morgan fingerprint density at radius 2 is 0.862 bits per heavy atom. The topological polar surface area (TPSA) is 0 Å². The Hall–Kier alpha value is 6.28. The number of hydrogen-bond donors (Lipinski definition) is 0. The van der Waals surface area contributed by atoms with Gasteiger partial charge in [-0.25, -0.2) is 0 Å². The highest BCUT2D eigenvalue weighted by molar-refractivity contribution is 14.2. The van der Waals surface area contributed by atoms with Gasteiger partial charge in [-0.05, 0) is 37.0 Å². The van der Waals surface area contributed by atoms with Gasteiger partial charge in [-0.3, -0.25) is 0 Å². The highest BCUT2D eigenvalue weighted by Gasteiger charge is 2.24. The van der Waals surface area contributed by atoms with Crippen molar-refractivity contribution in [3.8, 4) is 0 Å². The lowest BCUT2D eigenvalue weighted by Gasteiger charge is -2.03. The first-order chi connectivity index (χ1) is 16.3. The van der Waals surface area contributed by atoms with Crippen LogP contribution in [0.1, 0.15) is 9.75 Å². The molecular formula is C13H8I6P6S4. The Labute approximate surface area is 282 Å². The summed E-state index contributed by atoms with van der Waals surface area (Å²) < 4.78 is 57.6. The fourth-order valence-corrected chi connectivity index (χ4v) is 28.5. The number of hydrogen-bond acceptors (Lipinski definition) is 4. The van der Waals surface area contributed by atoms with Crippen LogP contribution in [0.15, 0.2) is 0 Å². The smallest absolute Gasteiger partial charge is 0.0748 e. The first-order valence-electron chi connectivity index (χ1n) is 9.88. The molecule has 0 amide bonds. The molecule has 6 unspecified atom stereocenters. The molecule has 4 heterocycles. The van der Waals surface area contributed by atoms with Crippen molar-refractivity contribution in [2.24, 2.45) is 0 Å². The van der Waals surface area contributed by atoms with Gasteiger partial charge in [-0.2, -0.15) is 0 Å². The Bertz CT molecular complexity index is 1280. The van der Waals surface area contributed by atoms with E-state index >= 15 is 0 Å². The van der Waals surface area contributed by atoms with Crippen LogP contribution < -0.4 is 30.5 Å². The second-order valence-electron chi connectivity index (χ2n) is 5.26. The maximum absolute atomic E-state index is 8.71. The number of rotatable bonds is 8. The van der Waals surface area contributed by atoms with Crippen LogP contribution >= 0.6 is 215 Å². The molecular weight excluding hydrogens is 1230 g/mol. The molecule has 6 atom stereocenters. The van der Waals surface area contributed by atoms with E-state index in [9.17, 15) is 0 Å². The zero-order valence-corrected chi connectivity index (χ0v) is 34.9. The zero-order chi connectivity index (χ0) is 25.9. The van der Waals surface area contributed by atoms with E-state index in [0.717, 1.165) is 59.0 Å². The molecule has 0 saturated carbocycles. The van der Waals surface area contributed by atoms with E-state index in [1.54, 1.807) is 45.3 Å². The van der Waals surface area contributed by atoms with Gasteiger partial charge in [0.25, 0.3) is 0 Å². The van der Waals surface area contributed by atoms with Crippen molar-refractivity contribution in [2.75, 3.05) is 0 Å². The van der Waals surface area contributed by atoms with Gasteiger partial charge in [0.15, 0.2) is 0 Å². The zero-order valence-electron chi connectivity index (χ0n) is 19.3. The minimum atomic E-state index is -1.14. The van der Waals surface area contributed by atoms with Crippen molar-refractivity contribution in [3.05, 3.63) is 9.75 Å². The molecule has 0 saturated heterocycles. The van der Waals surface area contributed by atoms with Gasteiger partial charge < -0.3 is 0 Å². The Balaban J connectivity index is 1.93. The largest absolute Gasteiger partial charge is 0.138 e. The summed E-state index contributed by atoms with van der Waals surface area (Å²) in [5, 5.41) is 4.19. The van der Waals surface area contributed by atoms with Crippen molar-refractivity contribution < 1.29 is 0 Å². The van der Waals surface area contributed by atoms with Gasteiger partial charge in [0.05, 0.1) is 26.5 Å². The van der Waals surface area contributed by atoms with Crippen molar-refractivity contribution in [3.63, 3.8) is 0 Å². The van der Waals surface area contributed by atoms with Gasteiger partial charge in [-0.1, -0.05) is 132 Å². The fourth-order valence-electron chi connectivity index (χ4n) is 2.71. The first-order valence-corrected chi connectivity index (χ1v) is 32.5. The molecule has 0 N–H and O–H groups in total. The van der Waals surface area contributed by atoms with Gasteiger partial charge in [-0.15, -0.1) is 45.3 Å². The summed E-state index contributed by atoms with van der Waals surface area (Å²) in [5.41, 5.74) is 0. The van der Waals surface area contributed by atoms with Gasteiger partial charge >= 0.3 is 0 Å². The van der Waals surface area contributed by atoms with Crippen LogP contribution in [-0.4, -0.2) is 7.67 Å². The minimum absolute atomic E-state index is 0.682. The highest BCUT2D eigenvalue weighted by Crippen LogP contribution is 2.45. The molecule has 0 radical (unpaired) electrons. The average Bonchev–Trinajstić information content (AvgIpc) is 3.42. The molecule has 29 heavy (non-hydrogen) atoms. The van der Waals surface area contributed by atoms with Crippen LogP contribution in [-0.2, 0) is 6.42 Å². The van der Waals surface area contributed by atoms with Crippen LogP contribution in [0.25, 0.3) is 18.8 Å². The maximum atomic E-state index is 8.71. The standard InChI is InChI=1S/C13H8I6P6S4/c14-20-4-2(26-10-6(22-16)12(24-18)28-8(4)10)1-3-5(21-15)9-11(27-3)7(23-17)13(25-19)29-9/h20-25H,1H2/i20D,21D,22D,23D,24D,25D. The number of halogens is 6. The van der Waals surface area contributed by atoms with Crippen LogP contribution in [0.3, 0.4) is 0 Å². The molecule has 0 aliphatic carbocycles. The number of fused-ring (bicyclic) bond motifs is 2. The van der Waals surface area contributed by atoms with Crippen molar-refractivity contribution >= 4 is 264 Å². The summed E-state index contributed by atoms with van der Waals surface area (Å²) in [6, 6.07) is 0. The third-order valence-corrected chi connectivity index (χ3v) is 25.2. The summed E-state index contributed by atoms with van der Waals surface area (Å²) in [6.45, 7) is 0. The molecule has 0 nitrogen and oxygen atoms in total. The predicted octanol–water partition coefficient (Wildman–Crippen LogP) is 9.75. The van der Waals surface area contributed by atoms with Crippen molar-refractivity contribution in [2.45, 2.75) is 6.42 Å². The lowest BCUT2D eigenvalue weighted by atomic mass is 10.3. The third kappa shape index (κ3) is 5.83. The lowest BCUT2D eigenvalue weighted by molar-refractivity contribution is 1.34. The van der Waals surface area contributed by atoms with Crippen molar-refractivity contribution in [1.29, 1.82) is 7.67 Å². The second kappa shape index (κ2) is 13.4. The Morgan fingerprint density at radius 3 is 1.17 bits per heavy atom. The van der Waals surface area contributed by atoms with Crippen LogP contribution in [0.4, 0.5) is 0 Å². The van der Waals surface area contributed by atoms with Gasteiger partial charge in [0, 0.05) is 46.6 Å². The quantitative estimate of drug-likeness (QED) is 0.122.